The van der Waals surface area contributed by atoms with E-state index in [0.717, 1.165) is 44.2 Å². The smallest absolute Gasteiger partial charge is 0.224 e. The normalized spacial score (nSPS) is 11.4. The zero-order valence-corrected chi connectivity index (χ0v) is 18.8. The molecule has 33 heavy (non-hydrogen) atoms. The monoisotopic (exact) mass is 434 g/mol. The average Bonchev–Trinajstić information content (AvgIpc) is 3.21. The third-order valence-electron chi connectivity index (χ3n) is 5.95. The molecule has 0 saturated carbocycles. The highest BCUT2D eigenvalue weighted by Gasteiger charge is 2.15. The van der Waals surface area contributed by atoms with Crippen molar-refractivity contribution in [3.05, 3.63) is 96.6 Å². The fourth-order valence-electron chi connectivity index (χ4n) is 4.26. The molecule has 164 valence electrons. The van der Waals surface area contributed by atoms with Crippen molar-refractivity contribution in [2.75, 3.05) is 0 Å². The van der Waals surface area contributed by atoms with Crippen LogP contribution >= 0.6 is 0 Å². The number of aromatic nitrogens is 3. The summed E-state index contributed by atoms with van der Waals surface area (Å²) >= 11 is 0. The van der Waals surface area contributed by atoms with E-state index in [1.807, 2.05) is 30.5 Å². The molecule has 0 aliphatic heterocycles. The Labute approximate surface area is 193 Å². The Morgan fingerprint density at radius 3 is 2.58 bits per heavy atom. The molecule has 5 nitrogen and oxygen atoms in total. The van der Waals surface area contributed by atoms with Crippen LogP contribution < -0.4 is 5.32 Å². The Morgan fingerprint density at radius 2 is 1.76 bits per heavy atom. The minimum absolute atomic E-state index is 0.00867. The number of amides is 1. The lowest BCUT2D eigenvalue weighted by Crippen LogP contribution is -2.24. The highest BCUT2D eigenvalue weighted by Crippen LogP contribution is 2.31. The van der Waals surface area contributed by atoms with Crippen LogP contribution in [-0.2, 0) is 17.8 Å². The molecule has 0 bridgehead atoms. The lowest BCUT2D eigenvalue weighted by atomic mass is 10.00. The van der Waals surface area contributed by atoms with Gasteiger partial charge in [-0.25, -0.2) is 0 Å². The van der Waals surface area contributed by atoms with Crippen molar-refractivity contribution in [3.63, 3.8) is 0 Å². The van der Waals surface area contributed by atoms with Crippen LogP contribution in [0.3, 0.4) is 0 Å². The van der Waals surface area contributed by atoms with Gasteiger partial charge in [0.05, 0.1) is 24.2 Å². The molecule has 5 heteroatoms. The molecule has 2 aromatic carbocycles. The molecule has 0 aliphatic carbocycles. The first-order valence-corrected chi connectivity index (χ1v) is 11.2. The predicted molar refractivity (Wildman–Crippen MR) is 133 cm³/mol. The molecular weight excluding hydrogens is 408 g/mol. The summed E-state index contributed by atoms with van der Waals surface area (Å²) in [6, 6.07) is 22.9. The number of pyridine rings is 2. The number of rotatable bonds is 6. The molecule has 0 radical (unpaired) electrons. The maximum atomic E-state index is 12.8. The molecule has 5 rings (SSSR count). The fourth-order valence-corrected chi connectivity index (χ4v) is 4.26. The molecule has 0 spiro atoms. The number of carbonyl (C=O) groups is 1. The van der Waals surface area contributed by atoms with E-state index in [0.29, 0.717) is 19.0 Å². The van der Waals surface area contributed by atoms with Crippen molar-refractivity contribution < 1.29 is 4.79 Å². The zero-order valence-electron chi connectivity index (χ0n) is 18.8. The summed E-state index contributed by atoms with van der Waals surface area (Å²) < 4.78 is 2.24. The van der Waals surface area contributed by atoms with Gasteiger partial charge in [-0.3, -0.25) is 14.8 Å². The number of hydrogen-bond acceptors (Lipinski definition) is 3. The van der Waals surface area contributed by atoms with E-state index in [1.54, 1.807) is 6.20 Å². The fraction of sp³-hybridized carbons (Fsp3) is 0.179. The van der Waals surface area contributed by atoms with Crippen molar-refractivity contribution in [2.45, 2.75) is 32.9 Å². The topological polar surface area (TPSA) is 59.8 Å². The number of carbonyl (C=O) groups excluding carboxylic acids is 1. The lowest BCUT2D eigenvalue weighted by Gasteiger charge is -2.10. The SMILES string of the molecule is CC(C)n1cc(CC(=O)NCc2ccccn2)c2cc(-c3ccc4ncccc4c3)ccc21. The molecule has 3 aromatic heterocycles. The third-order valence-corrected chi connectivity index (χ3v) is 5.95. The summed E-state index contributed by atoms with van der Waals surface area (Å²) in [5.74, 6) is -0.00867. The van der Waals surface area contributed by atoms with Crippen molar-refractivity contribution in [3.8, 4) is 11.1 Å². The molecule has 5 aromatic rings. The van der Waals surface area contributed by atoms with Crippen LogP contribution in [0.2, 0.25) is 0 Å². The summed E-state index contributed by atoms with van der Waals surface area (Å²) in [7, 11) is 0. The maximum Gasteiger partial charge on any atom is 0.224 e. The average molecular weight is 435 g/mol. The van der Waals surface area contributed by atoms with E-state index in [4.69, 9.17) is 0 Å². The van der Waals surface area contributed by atoms with Gasteiger partial charge in [-0.15, -0.1) is 0 Å². The first-order chi connectivity index (χ1) is 16.1. The molecular formula is C28H26N4O. The summed E-state index contributed by atoms with van der Waals surface area (Å²) in [6.45, 7) is 4.75. The molecule has 1 N–H and O–H groups in total. The van der Waals surface area contributed by atoms with E-state index in [2.05, 4.69) is 82.4 Å². The lowest BCUT2D eigenvalue weighted by molar-refractivity contribution is -0.120. The van der Waals surface area contributed by atoms with E-state index in [1.165, 1.54) is 0 Å². The van der Waals surface area contributed by atoms with Gasteiger partial charge in [0, 0.05) is 40.9 Å². The summed E-state index contributed by atoms with van der Waals surface area (Å²) in [6.07, 6.45) is 5.99. The van der Waals surface area contributed by atoms with Crippen LogP contribution in [0, 0.1) is 0 Å². The molecule has 3 heterocycles. The van der Waals surface area contributed by atoms with Crippen LogP contribution in [-0.4, -0.2) is 20.4 Å². The number of benzene rings is 2. The third kappa shape index (κ3) is 4.35. The number of nitrogens with zero attached hydrogens (tertiary/aromatic N) is 3. The van der Waals surface area contributed by atoms with Gasteiger partial charge in [0.15, 0.2) is 0 Å². The Bertz CT molecular complexity index is 1440. The molecule has 0 saturated heterocycles. The van der Waals surface area contributed by atoms with E-state index in [9.17, 15) is 4.79 Å². The second-order valence-corrected chi connectivity index (χ2v) is 8.57. The molecule has 0 fully saturated rings. The molecule has 0 atom stereocenters. The van der Waals surface area contributed by atoms with Gasteiger partial charge in [0.1, 0.15) is 0 Å². The molecule has 1 amide bonds. The van der Waals surface area contributed by atoms with Gasteiger partial charge in [-0.2, -0.15) is 0 Å². The summed E-state index contributed by atoms with van der Waals surface area (Å²) in [5, 5.41) is 5.23. The Morgan fingerprint density at radius 1 is 0.939 bits per heavy atom. The van der Waals surface area contributed by atoms with Gasteiger partial charge < -0.3 is 9.88 Å². The van der Waals surface area contributed by atoms with Gasteiger partial charge in [0.25, 0.3) is 0 Å². The Kier molecular flexibility index (Phi) is 5.61. The number of hydrogen-bond donors (Lipinski definition) is 1. The van der Waals surface area contributed by atoms with Gasteiger partial charge >= 0.3 is 0 Å². The van der Waals surface area contributed by atoms with Crippen LogP contribution in [0.25, 0.3) is 32.9 Å². The Balaban J connectivity index is 1.47. The van der Waals surface area contributed by atoms with Crippen molar-refractivity contribution in [1.82, 2.24) is 19.9 Å². The zero-order chi connectivity index (χ0) is 22.8. The minimum Gasteiger partial charge on any atom is -0.350 e. The highest BCUT2D eigenvalue weighted by atomic mass is 16.1. The van der Waals surface area contributed by atoms with Crippen LogP contribution in [0.4, 0.5) is 0 Å². The molecule has 0 aliphatic rings. The van der Waals surface area contributed by atoms with E-state index < -0.39 is 0 Å². The van der Waals surface area contributed by atoms with E-state index in [-0.39, 0.29) is 5.91 Å². The van der Waals surface area contributed by atoms with Gasteiger partial charge in [0.2, 0.25) is 5.91 Å². The quantitative estimate of drug-likeness (QED) is 0.373. The van der Waals surface area contributed by atoms with Gasteiger partial charge in [-0.1, -0.05) is 24.3 Å². The van der Waals surface area contributed by atoms with Gasteiger partial charge in [-0.05, 0) is 73.0 Å². The minimum atomic E-state index is -0.00867. The number of fused-ring (bicyclic) bond motifs is 2. The van der Waals surface area contributed by atoms with Crippen molar-refractivity contribution >= 4 is 27.7 Å². The van der Waals surface area contributed by atoms with E-state index >= 15 is 0 Å². The second kappa shape index (κ2) is 8.87. The number of nitrogens with one attached hydrogen (secondary N) is 1. The summed E-state index contributed by atoms with van der Waals surface area (Å²) in [5.41, 5.74) is 6.28. The van der Waals surface area contributed by atoms with Crippen LogP contribution in [0.5, 0.6) is 0 Å². The molecule has 0 unspecified atom stereocenters. The first-order valence-electron chi connectivity index (χ1n) is 11.2. The maximum absolute atomic E-state index is 12.8. The van der Waals surface area contributed by atoms with Crippen molar-refractivity contribution in [2.24, 2.45) is 0 Å². The first kappa shape index (κ1) is 20.9. The predicted octanol–water partition coefficient (Wildman–Crippen LogP) is 5.69. The van der Waals surface area contributed by atoms with Crippen LogP contribution in [0.1, 0.15) is 31.1 Å². The second-order valence-electron chi connectivity index (χ2n) is 8.57. The summed E-state index contributed by atoms with van der Waals surface area (Å²) in [4.78, 5) is 21.5. The largest absolute Gasteiger partial charge is 0.350 e. The van der Waals surface area contributed by atoms with Crippen molar-refractivity contribution in [1.29, 1.82) is 0 Å². The highest BCUT2D eigenvalue weighted by molar-refractivity contribution is 5.93. The standard InChI is InChI=1S/C28H26N4O/c1-19(2)32-18-23(16-28(33)31-17-24-7-3-4-12-29-24)25-15-21(9-11-27(25)32)20-8-10-26-22(14-20)6-5-13-30-26/h3-15,18-19H,16-17H2,1-2H3,(H,31,33). The Hall–Kier alpha value is -3.99. The van der Waals surface area contributed by atoms with Crippen LogP contribution in [0.15, 0.2) is 85.3 Å².